The lowest BCUT2D eigenvalue weighted by Crippen LogP contribution is -2.32. The van der Waals surface area contributed by atoms with E-state index in [1.807, 2.05) is 18.2 Å². The molecule has 0 saturated heterocycles. The van der Waals surface area contributed by atoms with Gasteiger partial charge in [-0.1, -0.05) is 12.1 Å². The minimum Gasteiger partial charge on any atom is -0.493 e. The number of carbonyl (C=O) groups excluding carboxylic acids is 1. The summed E-state index contributed by atoms with van der Waals surface area (Å²) in [6, 6.07) is 6.00. The number of benzene rings is 1. The van der Waals surface area contributed by atoms with E-state index in [-0.39, 0.29) is 5.91 Å². The van der Waals surface area contributed by atoms with Crippen molar-refractivity contribution in [1.82, 2.24) is 4.98 Å². The van der Waals surface area contributed by atoms with Crippen molar-refractivity contribution in [1.29, 1.82) is 0 Å². The predicted molar refractivity (Wildman–Crippen MR) is 107 cm³/mol. The minimum atomic E-state index is 0.0276. The van der Waals surface area contributed by atoms with Crippen LogP contribution in [0, 0.1) is 13.8 Å². The molecule has 0 atom stereocenters. The summed E-state index contributed by atoms with van der Waals surface area (Å²) < 4.78 is 5.77. The third-order valence-corrected chi connectivity index (χ3v) is 5.92. The second kappa shape index (κ2) is 8.49. The number of thiazole rings is 1. The van der Waals surface area contributed by atoms with E-state index in [4.69, 9.17) is 9.72 Å². The third kappa shape index (κ3) is 4.33. The van der Waals surface area contributed by atoms with Gasteiger partial charge in [0.2, 0.25) is 5.91 Å². The Morgan fingerprint density at radius 1 is 1.31 bits per heavy atom. The first-order valence-electron chi connectivity index (χ1n) is 9.18. The van der Waals surface area contributed by atoms with Crippen molar-refractivity contribution in [3.8, 4) is 5.75 Å². The average molecular weight is 371 g/mol. The van der Waals surface area contributed by atoms with Gasteiger partial charge in [0.05, 0.1) is 18.7 Å². The van der Waals surface area contributed by atoms with E-state index in [2.05, 4.69) is 20.4 Å². The Labute approximate surface area is 159 Å². The molecule has 5 heteroatoms. The van der Waals surface area contributed by atoms with Crippen molar-refractivity contribution in [3.05, 3.63) is 52.6 Å². The molecule has 4 nitrogen and oxygen atoms in total. The molecule has 0 N–H and O–H groups in total. The lowest BCUT2D eigenvalue weighted by atomic mass is 10.0. The number of nitrogens with zero attached hydrogens (tertiary/aromatic N) is 2. The second-order valence-corrected chi connectivity index (χ2v) is 7.77. The number of aryl methyl sites for hydroxylation is 4. The van der Waals surface area contributed by atoms with Crippen molar-refractivity contribution in [2.45, 2.75) is 46.0 Å². The second-order valence-electron chi connectivity index (χ2n) is 6.71. The van der Waals surface area contributed by atoms with E-state index in [1.54, 1.807) is 22.3 Å². The Hall–Kier alpha value is -2.14. The Balaban J connectivity index is 1.62. The monoisotopic (exact) mass is 370 g/mol. The molecule has 0 radical (unpaired) electrons. The van der Waals surface area contributed by atoms with Gasteiger partial charge in [0.15, 0.2) is 5.13 Å². The van der Waals surface area contributed by atoms with Crippen molar-refractivity contribution >= 4 is 22.4 Å². The molecule has 1 aliphatic carbocycles. The van der Waals surface area contributed by atoms with E-state index in [9.17, 15) is 4.79 Å². The van der Waals surface area contributed by atoms with E-state index in [0.29, 0.717) is 19.6 Å². The van der Waals surface area contributed by atoms with E-state index in [0.717, 1.165) is 23.7 Å². The molecule has 1 heterocycles. The summed E-state index contributed by atoms with van der Waals surface area (Å²) in [5.41, 5.74) is 3.60. The van der Waals surface area contributed by atoms with Crippen LogP contribution in [0.3, 0.4) is 0 Å². The molecule has 1 aromatic heterocycles. The van der Waals surface area contributed by atoms with Crippen molar-refractivity contribution in [2.75, 3.05) is 18.1 Å². The smallest absolute Gasteiger partial charge is 0.232 e. The number of carbonyl (C=O) groups is 1. The van der Waals surface area contributed by atoms with E-state index >= 15 is 0 Å². The van der Waals surface area contributed by atoms with Crippen LogP contribution < -0.4 is 9.64 Å². The van der Waals surface area contributed by atoms with Crippen LogP contribution in [0.4, 0.5) is 5.13 Å². The SMILES string of the molecule is C=CCN(C(=O)CCOc1ccc(C)c(C)c1)c1nc2c(s1)CCCC2. The fourth-order valence-corrected chi connectivity index (χ4v) is 4.24. The largest absolute Gasteiger partial charge is 0.493 e. The van der Waals surface area contributed by atoms with Crippen molar-refractivity contribution in [3.63, 3.8) is 0 Å². The van der Waals surface area contributed by atoms with Crippen LogP contribution in [0.2, 0.25) is 0 Å². The number of ether oxygens (including phenoxy) is 1. The summed E-state index contributed by atoms with van der Waals surface area (Å²) in [5.74, 6) is 0.834. The Kier molecular flexibility index (Phi) is 6.09. The minimum absolute atomic E-state index is 0.0276. The Morgan fingerprint density at radius 2 is 2.12 bits per heavy atom. The van der Waals surface area contributed by atoms with Crippen molar-refractivity contribution in [2.24, 2.45) is 0 Å². The predicted octanol–water partition coefficient (Wildman–Crippen LogP) is 4.63. The summed E-state index contributed by atoms with van der Waals surface area (Å²) in [5, 5.41) is 0.799. The molecular formula is C21H26N2O2S. The molecule has 1 aromatic carbocycles. The molecule has 1 aliphatic rings. The molecule has 0 fully saturated rings. The van der Waals surface area contributed by atoms with E-state index < -0.39 is 0 Å². The van der Waals surface area contributed by atoms with Gasteiger partial charge >= 0.3 is 0 Å². The topological polar surface area (TPSA) is 42.4 Å². The fourth-order valence-electron chi connectivity index (χ4n) is 3.06. The van der Waals surface area contributed by atoms with Gasteiger partial charge in [0.25, 0.3) is 0 Å². The molecule has 0 spiro atoms. The van der Waals surface area contributed by atoms with Crippen LogP contribution >= 0.6 is 11.3 Å². The molecule has 1 amide bonds. The first kappa shape index (κ1) is 18.6. The standard InChI is InChI=1S/C21H26N2O2S/c1-4-12-23(21-22-18-7-5-6-8-19(18)26-21)20(24)11-13-25-17-10-9-15(2)16(3)14-17/h4,9-10,14H,1,5-8,11-13H2,2-3H3. The van der Waals surface area contributed by atoms with Crippen LogP contribution in [0.5, 0.6) is 5.75 Å². The Morgan fingerprint density at radius 3 is 2.85 bits per heavy atom. The van der Waals surface area contributed by atoms with Gasteiger partial charge in [-0.2, -0.15) is 0 Å². The molecular weight excluding hydrogens is 344 g/mol. The molecule has 2 aromatic rings. The van der Waals surface area contributed by atoms with Crippen LogP contribution in [-0.4, -0.2) is 24.0 Å². The third-order valence-electron chi connectivity index (χ3n) is 4.74. The van der Waals surface area contributed by atoms with Crippen LogP contribution in [0.1, 0.15) is 41.0 Å². The number of anilines is 1. The van der Waals surface area contributed by atoms with Crippen molar-refractivity contribution < 1.29 is 9.53 Å². The maximum Gasteiger partial charge on any atom is 0.232 e. The molecule has 0 saturated carbocycles. The number of hydrogen-bond acceptors (Lipinski definition) is 4. The highest BCUT2D eigenvalue weighted by Gasteiger charge is 2.22. The number of aromatic nitrogens is 1. The molecule has 26 heavy (non-hydrogen) atoms. The van der Waals surface area contributed by atoms with Gasteiger partial charge in [0.1, 0.15) is 5.75 Å². The Bertz CT molecular complexity index is 774. The quantitative estimate of drug-likeness (QED) is 0.668. The first-order valence-corrected chi connectivity index (χ1v) is 10.00. The highest BCUT2D eigenvalue weighted by molar-refractivity contribution is 7.16. The van der Waals surface area contributed by atoms with Crippen LogP contribution in [0.25, 0.3) is 0 Å². The fraction of sp³-hybridized carbons (Fsp3) is 0.429. The summed E-state index contributed by atoms with van der Waals surface area (Å²) in [6.45, 7) is 8.76. The zero-order chi connectivity index (χ0) is 18.5. The lowest BCUT2D eigenvalue weighted by molar-refractivity contribution is -0.119. The van der Waals surface area contributed by atoms with Gasteiger partial charge in [-0.3, -0.25) is 9.69 Å². The van der Waals surface area contributed by atoms with Gasteiger partial charge in [0, 0.05) is 11.4 Å². The average Bonchev–Trinajstić information content (AvgIpc) is 3.06. The van der Waals surface area contributed by atoms with Gasteiger partial charge in [-0.25, -0.2) is 4.98 Å². The first-order chi connectivity index (χ1) is 12.6. The number of fused-ring (bicyclic) bond motifs is 1. The zero-order valence-electron chi connectivity index (χ0n) is 15.6. The zero-order valence-corrected chi connectivity index (χ0v) is 16.4. The van der Waals surface area contributed by atoms with E-state index in [1.165, 1.54) is 34.5 Å². The van der Waals surface area contributed by atoms with Gasteiger partial charge in [-0.15, -0.1) is 17.9 Å². The maximum atomic E-state index is 12.7. The van der Waals surface area contributed by atoms with Gasteiger partial charge in [-0.05, 0) is 62.8 Å². The summed E-state index contributed by atoms with van der Waals surface area (Å²) in [4.78, 5) is 20.5. The maximum absolute atomic E-state index is 12.7. The van der Waals surface area contributed by atoms with Gasteiger partial charge < -0.3 is 4.74 Å². The molecule has 0 bridgehead atoms. The number of amides is 1. The molecule has 138 valence electrons. The highest BCUT2D eigenvalue weighted by atomic mass is 32.1. The summed E-state index contributed by atoms with van der Waals surface area (Å²) in [6.07, 6.45) is 6.59. The van der Waals surface area contributed by atoms with Crippen LogP contribution in [0.15, 0.2) is 30.9 Å². The summed E-state index contributed by atoms with van der Waals surface area (Å²) in [7, 11) is 0. The summed E-state index contributed by atoms with van der Waals surface area (Å²) >= 11 is 1.65. The normalized spacial score (nSPS) is 13.2. The van der Waals surface area contributed by atoms with Crippen LogP contribution in [-0.2, 0) is 17.6 Å². The molecule has 0 aliphatic heterocycles. The lowest BCUT2D eigenvalue weighted by Gasteiger charge is -2.18. The molecule has 0 unspecified atom stereocenters. The molecule has 3 rings (SSSR count). The highest BCUT2D eigenvalue weighted by Crippen LogP contribution is 2.32. The number of rotatable bonds is 7. The number of hydrogen-bond donors (Lipinski definition) is 0.